The van der Waals surface area contributed by atoms with E-state index in [1.54, 1.807) is 0 Å². The lowest BCUT2D eigenvalue weighted by Gasteiger charge is -2.21. The van der Waals surface area contributed by atoms with Crippen molar-refractivity contribution in [3.63, 3.8) is 0 Å². The molecule has 0 saturated carbocycles. The number of rotatable bonds is 6. The van der Waals surface area contributed by atoms with Crippen LogP contribution in [0.4, 0.5) is 0 Å². The second kappa shape index (κ2) is 7.23. The molecule has 0 heterocycles. The zero-order valence-corrected chi connectivity index (χ0v) is 11.7. The fourth-order valence-electron chi connectivity index (χ4n) is 1.12. The molecule has 1 unspecified atom stereocenters. The molecule has 0 aromatic carbocycles. The molecule has 0 aliphatic rings. The van der Waals surface area contributed by atoms with Gasteiger partial charge in [-0.05, 0) is 40.7 Å². The zero-order chi connectivity index (χ0) is 11.9. The second-order valence-electron chi connectivity index (χ2n) is 4.69. The first kappa shape index (κ1) is 14.9. The minimum atomic E-state index is -0.382. The Morgan fingerprint density at radius 3 is 2.53 bits per heavy atom. The Hall–Kier alpha value is -0.0900. The molecule has 0 aromatic rings. The first-order valence-electron chi connectivity index (χ1n) is 5.36. The number of halogens is 1. The average Bonchev–Trinajstić information content (AvgIpc) is 2.00. The van der Waals surface area contributed by atoms with Gasteiger partial charge in [0, 0.05) is 11.4 Å². The van der Waals surface area contributed by atoms with Crippen LogP contribution in [0.5, 0.6) is 0 Å². The number of carbonyl (C=O) groups is 1. The summed E-state index contributed by atoms with van der Waals surface area (Å²) in [6.07, 6.45) is 1.50. The van der Waals surface area contributed by atoms with Gasteiger partial charge in [-0.3, -0.25) is 4.79 Å². The summed E-state index contributed by atoms with van der Waals surface area (Å²) in [4.78, 5) is 11.4. The predicted molar refractivity (Wildman–Crippen MR) is 66.3 cm³/mol. The molecule has 4 heteroatoms. The fraction of sp³-hybridized carbons (Fsp3) is 0.909. The molecule has 0 fully saturated rings. The van der Waals surface area contributed by atoms with Crippen LogP contribution in [0.15, 0.2) is 0 Å². The van der Waals surface area contributed by atoms with Gasteiger partial charge in [0.1, 0.15) is 5.60 Å². The maximum Gasteiger partial charge on any atom is 0.307 e. The standard InChI is InChI=1S/C11H22BrNO2/c1-9(13-7-5-6-12)8-10(14)15-11(2,3)4/h9,13H,5-8H2,1-4H3. The molecule has 90 valence electrons. The van der Waals surface area contributed by atoms with E-state index in [-0.39, 0.29) is 17.6 Å². The van der Waals surface area contributed by atoms with E-state index < -0.39 is 0 Å². The summed E-state index contributed by atoms with van der Waals surface area (Å²) in [6, 6.07) is 0.180. The number of nitrogens with one attached hydrogen (secondary N) is 1. The van der Waals surface area contributed by atoms with Gasteiger partial charge < -0.3 is 10.1 Å². The van der Waals surface area contributed by atoms with Crippen molar-refractivity contribution in [2.24, 2.45) is 0 Å². The monoisotopic (exact) mass is 279 g/mol. The molecule has 0 aromatic heterocycles. The summed E-state index contributed by atoms with van der Waals surface area (Å²) in [5.41, 5.74) is -0.382. The number of alkyl halides is 1. The largest absolute Gasteiger partial charge is 0.460 e. The fourth-order valence-corrected chi connectivity index (χ4v) is 1.40. The van der Waals surface area contributed by atoms with Crippen molar-refractivity contribution in [2.75, 3.05) is 11.9 Å². The van der Waals surface area contributed by atoms with E-state index >= 15 is 0 Å². The third-order valence-corrected chi connectivity index (χ3v) is 2.26. The highest BCUT2D eigenvalue weighted by atomic mass is 79.9. The van der Waals surface area contributed by atoms with E-state index in [0.717, 1.165) is 18.3 Å². The normalized spacial score (nSPS) is 13.7. The van der Waals surface area contributed by atoms with Crippen molar-refractivity contribution < 1.29 is 9.53 Å². The molecule has 1 N–H and O–H groups in total. The van der Waals surface area contributed by atoms with Crippen molar-refractivity contribution in [3.05, 3.63) is 0 Å². The quantitative estimate of drug-likeness (QED) is 0.461. The smallest absolute Gasteiger partial charge is 0.307 e. The van der Waals surface area contributed by atoms with Gasteiger partial charge >= 0.3 is 5.97 Å². The summed E-state index contributed by atoms with van der Waals surface area (Å²) in [5, 5.41) is 4.25. The highest BCUT2D eigenvalue weighted by Crippen LogP contribution is 2.09. The number of esters is 1. The molecule has 0 aliphatic heterocycles. The summed E-state index contributed by atoms with van der Waals surface area (Å²) in [7, 11) is 0. The molecular formula is C11H22BrNO2. The molecule has 0 bridgehead atoms. The Bertz CT molecular complexity index is 190. The van der Waals surface area contributed by atoms with Gasteiger partial charge in [-0.2, -0.15) is 0 Å². The third kappa shape index (κ3) is 10.2. The van der Waals surface area contributed by atoms with Crippen LogP contribution in [0.2, 0.25) is 0 Å². The van der Waals surface area contributed by atoms with Crippen molar-refractivity contribution >= 4 is 21.9 Å². The average molecular weight is 280 g/mol. The highest BCUT2D eigenvalue weighted by Gasteiger charge is 2.17. The molecule has 0 spiro atoms. The van der Waals surface area contributed by atoms with E-state index in [1.165, 1.54) is 0 Å². The van der Waals surface area contributed by atoms with Crippen LogP contribution in [0.3, 0.4) is 0 Å². The van der Waals surface area contributed by atoms with Crippen molar-refractivity contribution in [1.82, 2.24) is 5.32 Å². The molecule has 0 amide bonds. The van der Waals surface area contributed by atoms with Crippen LogP contribution >= 0.6 is 15.9 Å². The lowest BCUT2D eigenvalue weighted by molar-refractivity contribution is -0.155. The number of carbonyl (C=O) groups excluding carboxylic acids is 1. The van der Waals surface area contributed by atoms with Crippen LogP contribution in [0.1, 0.15) is 40.5 Å². The Labute approximate surface area is 101 Å². The third-order valence-electron chi connectivity index (χ3n) is 1.70. The van der Waals surface area contributed by atoms with Crippen LogP contribution < -0.4 is 5.32 Å². The van der Waals surface area contributed by atoms with E-state index in [2.05, 4.69) is 21.2 Å². The SMILES string of the molecule is CC(CC(=O)OC(C)(C)C)NCCCBr. The Morgan fingerprint density at radius 2 is 2.07 bits per heavy atom. The van der Waals surface area contributed by atoms with E-state index in [4.69, 9.17) is 4.74 Å². The van der Waals surface area contributed by atoms with Crippen LogP contribution in [-0.4, -0.2) is 29.5 Å². The maximum absolute atomic E-state index is 11.4. The Morgan fingerprint density at radius 1 is 1.47 bits per heavy atom. The predicted octanol–water partition coefficient (Wildman–Crippen LogP) is 2.48. The van der Waals surface area contributed by atoms with Gasteiger partial charge in [-0.15, -0.1) is 0 Å². The molecule has 15 heavy (non-hydrogen) atoms. The van der Waals surface area contributed by atoms with Gasteiger partial charge in [0.2, 0.25) is 0 Å². The maximum atomic E-state index is 11.4. The minimum absolute atomic E-state index is 0.138. The van der Waals surface area contributed by atoms with Crippen LogP contribution in [-0.2, 0) is 9.53 Å². The zero-order valence-electron chi connectivity index (χ0n) is 10.1. The van der Waals surface area contributed by atoms with Crippen molar-refractivity contribution in [2.45, 2.75) is 52.2 Å². The molecule has 0 radical (unpaired) electrons. The molecular weight excluding hydrogens is 258 g/mol. The second-order valence-corrected chi connectivity index (χ2v) is 5.48. The van der Waals surface area contributed by atoms with E-state index in [0.29, 0.717) is 6.42 Å². The van der Waals surface area contributed by atoms with Crippen molar-refractivity contribution in [3.8, 4) is 0 Å². The van der Waals surface area contributed by atoms with Crippen LogP contribution in [0.25, 0.3) is 0 Å². The van der Waals surface area contributed by atoms with E-state index in [9.17, 15) is 4.79 Å². The van der Waals surface area contributed by atoms with Gasteiger partial charge in [0.15, 0.2) is 0 Å². The first-order valence-corrected chi connectivity index (χ1v) is 6.48. The summed E-state index contributed by atoms with van der Waals surface area (Å²) in [5.74, 6) is -0.138. The molecule has 0 aliphatic carbocycles. The highest BCUT2D eigenvalue weighted by molar-refractivity contribution is 9.09. The minimum Gasteiger partial charge on any atom is -0.460 e. The summed E-state index contributed by atoms with van der Waals surface area (Å²) in [6.45, 7) is 8.57. The lowest BCUT2D eigenvalue weighted by Crippen LogP contribution is -2.32. The van der Waals surface area contributed by atoms with Gasteiger partial charge in [-0.25, -0.2) is 0 Å². The van der Waals surface area contributed by atoms with E-state index in [1.807, 2.05) is 27.7 Å². The summed E-state index contributed by atoms with van der Waals surface area (Å²) >= 11 is 3.36. The molecule has 0 saturated heterocycles. The van der Waals surface area contributed by atoms with Gasteiger partial charge in [0.25, 0.3) is 0 Å². The van der Waals surface area contributed by atoms with Gasteiger partial charge in [-0.1, -0.05) is 15.9 Å². The lowest BCUT2D eigenvalue weighted by atomic mass is 10.2. The molecule has 0 rings (SSSR count). The molecule has 1 atom stereocenters. The molecule has 3 nitrogen and oxygen atoms in total. The van der Waals surface area contributed by atoms with Crippen molar-refractivity contribution in [1.29, 1.82) is 0 Å². The summed E-state index contributed by atoms with van der Waals surface area (Å²) < 4.78 is 5.23. The number of hydrogen-bond acceptors (Lipinski definition) is 3. The first-order chi connectivity index (χ1) is 6.85. The van der Waals surface area contributed by atoms with Gasteiger partial charge in [0.05, 0.1) is 6.42 Å². The topological polar surface area (TPSA) is 38.3 Å². The Kier molecular flexibility index (Phi) is 7.18. The van der Waals surface area contributed by atoms with Crippen LogP contribution in [0, 0.1) is 0 Å². The number of hydrogen-bond donors (Lipinski definition) is 1. The number of ether oxygens (including phenoxy) is 1. The Balaban J connectivity index is 3.67.